The second-order valence-corrected chi connectivity index (χ2v) is 3.58. The van der Waals surface area contributed by atoms with Crippen molar-refractivity contribution in [2.24, 2.45) is 0 Å². The monoisotopic (exact) mass is 262 g/mol. The van der Waals surface area contributed by atoms with Gasteiger partial charge in [0.25, 0.3) is 0 Å². The van der Waals surface area contributed by atoms with Crippen LogP contribution in [0.15, 0.2) is 30.5 Å². The number of aromatic nitrogens is 2. The van der Waals surface area contributed by atoms with Crippen molar-refractivity contribution in [1.29, 1.82) is 0 Å². The Labute approximate surface area is 109 Å². The van der Waals surface area contributed by atoms with E-state index in [0.717, 1.165) is 0 Å². The van der Waals surface area contributed by atoms with Gasteiger partial charge in [0, 0.05) is 0 Å². The van der Waals surface area contributed by atoms with E-state index in [1.807, 2.05) is 0 Å². The van der Waals surface area contributed by atoms with Gasteiger partial charge in [-0.15, -0.1) is 0 Å². The number of ketones is 1. The molecule has 6 heteroatoms. The molecular weight excluding hydrogens is 251 g/mol. The van der Waals surface area contributed by atoms with Gasteiger partial charge in [0.15, 0.2) is 5.69 Å². The lowest BCUT2D eigenvalue weighted by Gasteiger charge is -2.07. The molecule has 0 unspecified atom stereocenters. The summed E-state index contributed by atoms with van der Waals surface area (Å²) in [6, 6.07) is 5.66. The van der Waals surface area contributed by atoms with E-state index in [1.165, 1.54) is 38.6 Å². The molecule has 0 saturated heterocycles. The largest absolute Gasteiger partial charge is 0.480 e. The van der Waals surface area contributed by atoms with Crippen LogP contribution < -0.4 is 9.47 Å². The minimum absolute atomic E-state index is 0.00685. The highest BCUT2D eigenvalue weighted by Gasteiger charge is 2.21. The van der Waals surface area contributed by atoms with Crippen LogP contribution in [-0.2, 0) is 0 Å². The number of hydrogen-bond donors (Lipinski definition) is 0. The molecular formula is C13H11FN2O3. The normalized spacial score (nSPS) is 10.1. The van der Waals surface area contributed by atoms with Crippen LogP contribution in [0.2, 0.25) is 0 Å². The first-order valence-corrected chi connectivity index (χ1v) is 5.41. The Balaban J connectivity index is 2.47. The van der Waals surface area contributed by atoms with E-state index in [0.29, 0.717) is 0 Å². The van der Waals surface area contributed by atoms with E-state index in [2.05, 4.69) is 9.97 Å². The summed E-state index contributed by atoms with van der Waals surface area (Å²) in [4.78, 5) is 20.0. The minimum atomic E-state index is -0.618. The Bertz CT molecular complexity index is 617. The third-order valence-corrected chi connectivity index (χ3v) is 2.45. The van der Waals surface area contributed by atoms with Crippen molar-refractivity contribution in [2.75, 3.05) is 14.2 Å². The number of rotatable bonds is 4. The van der Waals surface area contributed by atoms with Crippen LogP contribution in [0.1, 0.15) is 16.1 Å². The number of ether oxygens (including phenoxy) is 2. The molecule has 1 aromatic carbocycles. The molecule has 2 rings (SSSR count). The highest BCUT2D eigenvalue weighted by molar-refractivity contribution is 6.09. The lowest BCUT2D eigenvalue weighted by molar-refractivity contribution is 0.102. The molecule has 0 aliphatic carbocycles. The van der Waals surface area contributed by atoms with Gasteiger partial charge in [0.2, 0.25) is 17.5 Å². The number of benzene rings is 1. The van der Waals surface area contributed by atoms with E-state index in [9.17, 15) is 9.18 Å². The van der Waals surface area contributed by atoms with Crippen molar-refractivity contribution in [3.8, 4) is 11.8 Å². The highest BCUT2D eigenvalue weighted by Crippen LogP contribution is 2.21. The SMILES string of the molecule is COc1cnc(C(=O)c2ccccc2F)c(OC)n1. The van der Waals surface area contributed by atoms with Gasteiger partial charge < -0.3 is 9.47 Å². The Hall–Kier alpha value is -2.50. The maximum absolute atomic E-state index is 13.6. The van der Waals surface area contributed by atoms with Gasteiger partial charge in [0.1, 0.15) is 5.82 Å². The van der Waals surface area contributed by atoms with Crippen LogP contribution >= 0.6 is 0 Å². The van der Waals surface area contributed by atoms with E-state index < -0.39 is 11.6 Å². The molecule has 0 aliphatic heterocycles. The number of methoxy groups -OCH3 is 2. The highest BCUT2D eigenvalue weighted by atomic mass is 19.1. The Morgan fingerprint density at radius 2 is 1.95 bits per heavy atom. The van der Waals surface area contributed by atoms with E-state index in [4.69, 9.17) is 9.47 Å². The Morgan fingerprint density at radius 3 is 2.58 bits per heavy atom. The zero-order chi connectivity index (χ0) is 13.8. The molecule has 0 amide bonds. The summed E-state index contributed by atoms with van der Waals surface area (Å²) < 4.78 is 23.4. The van der Waals surface area contributed by atoms with Crippen molar-refractivity contribution in [2.45, 2.75) is 0 Å². The van der Waals surface area contributed by atoms with Crippen LogP contribution in [0, 0.1) is 5.82 Å². The Kier molecular flexibility index (Phi) is 3.70. The summed E-state index contributed by atoms with van der Waals surface area (Å²) >= 11 is 0. The summed E-state index contributed by atoms with van der Waals surface area (Å²) in [6.45, 7) is 0. The molecule has 0 N–H and O–H groups in total. The molecule has 0 radical (unpaired) electrons. The number of carbonyl (C=O) groups excluding carboxylic acids is 1. The third kappa shape index (κ3) is 2.52. The van der Waals surface area contributed by atoms with E-state index in [-0.39, 0.29) is 23.0 Å². The standard InChI is InChI=1S/C13H11FN2O3/c1-18-10-7-15-11(13(16-10)19-2)12(17)8-5-3-4-6-9(8)14/h3-7H,1-2H3. The van der Waals surface area contributed by atoms with Crippen LogP contribution in [-0.4, -0.2) is 30.0 Å². The molecule has 98 valence electrons. The van der Waals surface area contributed by atoms with Gasteiger partial charge >= 0.3 is 0 Å². The molecule has 0 bridgehead atoms. The van der Waals surface area contributed by atoms with Gasteiger partial charge in [-0.25, -0.2) is 9.37 Å². The van der Waals surface area contributed by atoms with E-state index >= 15 is 0 Å². The molecule has 0 fully saturated rings. The van der Waals surface area contributed by atoms with Crippen LogP contribution in [0.3, 0.4) is 0 Å². The van der Waals surface area contributed by atoms with Gasteiger partial charge in [-0.3, -0.25) is 4.79 Å². The van der Waals surface area contributed by atoms with Crippen LogP contribution in [0.25, 0.3) is 0 Å². The topological polar surface area (TPSA) is 61.3 Å². The molecule has 2 aromatic rings. The molecule has 0 spiro atoms. The number of halogens is 1. The first-order chi connectivity index (χ1) is 9.17. The number of carbonyl (C=O) groups is 1. The lowest BCUT2D eigenvalue weighted by Crippen LogP contribution is -2.10. The zero-order valence-corrected chi connectivity index (χ0v) is 10.4. The van der Waals surface area contributed by atoms with Gasteiger partial charge in [-0.1, -0.05) is 12.1 Å². The molecule has 0 atom stereocenters. The molecule has 1 heterocycles. The minimum Gasteiger partial charge on any atom is -0.480 e. The second-order valence-electron chi connectivity index (χ2n) is 3.58. The van der Waals surface area contributed by atoms with Crippen molar-refractivity contribution >= 4 is 5.78 Å². The maximum atomic E-state index is 13.6. The van der Waals surface area contributed by atoms with Crippen LogP contribution in [0.5, 0.6) is 11.8 Å². The molecule has 5 nitrogen and oxygen atoms in total. The summed E-state index contributed by atoms with van der Waals surface area (Å²) in [5.41, 5.74) is -0.145. The number of nitrogens with zero attached hydrogens (tertiary/aromatic N) is 2. The smallest absolute Gasteiger partial charge is 0.247 e. The van der Waals surface area contributed by atoms with Gasteiger partial charge in [0.05, 0.1) is 26.0 Å². The van der Waals surface area contributed by atoms with Crippen molar-refractivity contribution < 1.29 is 18.7 Å². The maximum Gasteiger partial charge on any atom is 0.247 e. The second kappa shape index (κ2) is 5.43. The van der Waals surface area contributed by atoms with Gasteiger partial charge in [-0.2, -0.15) is 4.98 Å². The number of hydrogen-bond acceptors (Lipinski definition) is 5. The average Bonchev–Trinajstić information content (AvgIpc) is 2.46. The summed E-state index contributed by atoms with van der Waals surface area (Å²) in [5, 5.41) is 0. The fourth-order valence-electron chi connectivity index (χ4n) is 1.53. The van der Waals surface area contributed by atoms with Crippen LogP contribution in [0.4, 0.5) is 4.39 Å². The van der Waals surface area contributed by atoms with Crippen molar-refractivity contribution in [3.63, 3.8) is 0 Å². The summed E-state index contributed by atoms with van der Waals surface area (Å²) in [6.07, 6.45) is 1.27. The fourth-order valence-corrected chi connectivity index (χ4v) is 1.53. The van der Waals surface area contributed by atoms with Crippen molar-refractivity contribution in [3.05, 3.63) is 47.5 Å². The predicted octanol–water partition coefficient (Wildman–Crippen LogP) is 1.86. The molecule has 0 aliphatic rings. The van der Waals surface area contributed by atoms with E-state index in [1.54, 1.807) is 6.07 Å². The first-order valence-electron chi connectivity index (χ1n) is 5.41. The fraction of sp³-hybridized carbons (Fsp3) is 0.154. The van der Waals surface area contributed by atoms with Crippen molar-refractivity contribution in [1.82, 2.24) is 9.97 Å². The first kappa shape index (κ1) is 12.9. The molecule has 0 saturated carbocycles. The third-order valence-electron chi connectivity index (χ3n) is 2.45. The average molecular weight is 262 g/mol. The zero-order valence-electron chi connectivity index (χ0n) is 10.4. The summed E-state index contributed by atoms with van der Waals surface area (Å²) in [7, 11) is 2.77. The molecule has 19 heavy (non-hydrogen) atoms. The predicted molar refractivity (Wildman–Crippen MR) is 65.0 cm³/mol. The quantitative estimate of drug-likeness (QED) is 0.787. The summed E-state index contributed by atoms with van der Waals surface area (Å²) in [5.74, 6) is -1.01. The lowest BCUT2D eigenvalue weighted by atomic mass is 10.1. The Morgan fingerprint density at radius 1 is 1.21 bits per heavy atom. The van der Waals surface area contributed by atoms with Gasteiger partial charge in [-0.05, 0) is 12.1 Å². The molecule has 1 aromatic heterocycles.